The molecule has 4 rings (SSSR count). The molecule has 0 bridgehead atoms. The van der Waals surface area contributed by atoms with Gasteiger partial charge in [0.25, 0.3) is 6.43 Å². The second-order valence-corrected chi connectivity index (χ2v) is 6.67. The Kier molecular flexibility index (Phi) is 4.84. The maximum atomic E-state index is 13.2. The summed E-state index contributed by atoms with van der Waals surface area (Å²) in [6.07, 6.45) is 0.540. The lowest BCUT2D eigenvalue weighted by atomic mass is 10.2. The number of carbonyl (C=O) groups is 1. The van der Waals surface area contributed by atoms with E-state index in [1.165, 1.54) is 29.2 Å². The van der Waals surface area contributed by atoms with E-state index in [1.54, 1.807) is 12.1 Å². The maximum Gasteiger partial charge on any atom is 0.280 e. The number of benzene rings is 1. The third kappa shape index (κ3) is 4.21. The number of nitrogens with one attached hydrogen (secondary N) is 1. The predicted molar refractivity (Wildman–Crippen MR) is 93.3 cm³/mol. The molecule has 3 aromatic rings. The van der Waals surface area contributed by atoms with Crippen LogP contribution in [-0.4, -0.2) is 30.5 Å². The van der Waals surface area contributed by atoms with E-state index in [-0.39, 0.29) is 36.5 Å². The fraction of sp³-hybridized carbons (Fsp3) is 0.333. The van der Waals surface area contributed by atoms with Gasteiger partial charge >= 0.3 is 0 Å². The molecule has 1 saturated carbocycles. The van der Waals surface area contributed by atoms with Gasteiger partial charge in [0, 0.05) is 5.92 Å². The Balaban J connectivity index is 1.40. The van der Waals surface area contributed by atoms with Crippen LogP contribution in [-0.2, 0) is 17.9 Å². The first-order chi connectivity index (χ1) is 13.5. The van der Waals surface area contributed by atoms with Crippen LogP contribution in [0.15, 0.2) is 36.7 Å². The van der Waals surface area contributed by atoms with Crippen LogP contribution in [0, 0.1) is 5.82 Å². The predicted octanol–water partition coefficient (Wildman–Crippen LogP) is 3.12. The lowest BCUT2D eigenvalue weighted by Gasteiger charge is -2.06. The zero-order valence-electron chi connectivity index (χ0n) is 14.7. The van der Waals surface area contributed by atoms with E-state index >= 15 is 0 Å². The molecule has 0 radical (unpaired) electrons. The molecule has 0 aliphatic heterocycles. The number of amides is 1. The number of nitrogens with zero attached hydrogens (tertiary/aromatic N) is 5. The number of rotatable bonds is 7. The zero-order chi connectivity index (χ0) is 19.7. The molecular weight excluding hydrogens is 373 g/mol. The highest BCUT2D eigenvalue weighted by molar-refractivity contribution is 5.88. The summed E-state index contributed by atoms with van der Waals surface area (Å²) in [4.78, 5) is 16.2. The van der Waals surface area contributed by atoms with Crippen molar-refractivity contribution in [3.05, 3.63) is 59.4 Å². The average Bonchev–Trinajstić information content (AvgIpc) is 3.26. The van der Waals surface area contributed by atoms with Crippen LogP contribution < -0.4 is 5.32 Å². The minimum atomic E-state index is -2.71. The number of alkyl halides is 2. The number of anilines is 1. The van der Waals surface area contributed by atoms with Crippen molar-refractivity contribution in [2.24, 2.45) is 0 Å². The van der Waals surface area contributed by atoms with Gasteiger partial charge in [-0.1, -0.05) is 12.1 Å². The first kappa shape index (κ1) is 18.2. The normalized spacial score (nSPS) is 13.9. The first-order valence-electron chi connectivity index (χ1n) is 8.77. The number of halogens is 3. The third-order valence-electron chi connectivity index (χ3n) is 4.36. The minimum absolute atomic E-state index is 0.0366. The third-order valence-corrected chi connectivity index (χ3v) is 4.36. The fourth-order valence-electron chi connectivity index (χ4n) is 2.88. The molecule has 1 aliphatic rings. The van der Waals surface area contributed by atoms with Gasteiger partial charge in [-0.15, -0.1) is 5.10 Å². The van der Waals surface area contributed by atoms with Crippen molar-refractivity contribution in [3.63, 3.8) is 0 Å². The van der Waals surface area contributed by atoms with Gasteiger partial charge in [-0.25, -0.2) is 22.8 Å². The molecule has 2 aromatic heterocycles. The van der Waals surface area contributed by atoms with Crippen LogP contribution >= 0.6 is 0 Å². The summed E-state index contributed by atoms with van der Waals surface area (Å²) in [6.45, 7) is -0.0785. The number of hydrogen-bond acceptors (Lipinski definition) is 4. The van der Waals surface area contributed by atoms with Crippen LogP contribution in [0.2, 0.25) is 0 Å². The first-order valence-corrected chi connectivity index (χ1v) is 8.77. The van der Waals surface area contributed by atoms with E-state index < -0.39 is 12.3 Å². The molecular formula is C18H17F3N6O. The van der Waals surface area contributed by atoms with Gasteiger partial charge in [-0.2, -0.15) is 5.10 Å². The summed E-state index contributed by atoms with van der Waals surface area (Å²) in [5, 5.41) is 10.7. The fourth-order valence-corrected chi connectivity index (χ4v) is 2.88. The van der Waals surface area contributed by atoms with E-state index in [1.807, 2.05) is 0 Å². The van der Waals surface area contributed by atoms with Gasteiger partial charge in [0.05, 0.1) is 12.2 Å². The summed E-state index contributed by atoms with van der Waals surface area (Å²) in [7, 11) is 0. The summed E-state index contributed by atoms with van der Waals surface area (Å²) >= 11 is 0. The van der Waals surface area contributed by atoms with Crippen LogP contribution in [0.1, 0.15) is 42.1 Å². The Morgan fingerprint density at radius 1 is 1.25 bits per heavy atom. The van der Waals surface area contributed by atoms with Crippen LogP contribution in [0.3, 0.4) is 0 Å². The Labute approximate surface area is 158 Å². The number of hydrogen-bond donors (Lipinski definition) is 1. The second kappa shape index (κ2) is 7.45. The zero-order valence-corrected chi connectivity index (χ0v) is 14.7. The molecule has 0 unspecified atom stereocenters. The Hall–Kier alpha value is -3.17. The molecule has 0 saturated heterocycles. The van der Waals surface area contributed by atoms with E-state index in [4.69, 9.17) is 0 Å². The van der Waals surface area contributed by atoms with Gasteiger partial charge < -0.3 is 0 Å². The monoisotopic (exact) mass is 390 g/mol. The maximum absolute atomic E-state index is 13.2. The van der Waals surface area contributed by atoms with Gasteiger partial charge in [0.1, 0.15) is 24.4 Å². The summed E-state index contributed by atoms with van der Waals surface area (Å²) < 4.78 is 42.1. The molecule has 1 fully saturated rings. The van der Waals surface area contributed by atoms with Crippen molar-refractivity contribution in [3.8, 4) is 0 Å². The molecule has 1 N–H and O–H groups in total. The van der Waals surface area contributed by atoms with E-state index in [2.05, 4.69) is 20.5 Å². The smallest absolute Gasteiger partial charge is 0.280 e. The lowest BCUT2D eigenvalue weighted by Crippen LogP contribution is -2.22. The SMILES string of the molecule is O=C(Cn1nc(C2CC2)cc1C(F)F)Nc1ncn(Cc2cccc(F)c2)n1. The molecule has 1 aromatic carbocycles. The highest BCUT2D eigenvalue weighted by atomic mass is 19.3. The Morgan fingerprint density at radius 3 is 2.79 bits per heavy atom. The van der Waals surface area contributed by atoms with E-state index in [0.29, 0.717) is 11.3 Å². The van der Waals surface area contributed by atoms with Crippen LogP contribution in [0.5, 0.6) is 0 Å². The van der Waals surface area contributed by atoms with E-state index in [0.717, 1.165) is 17.5 Å². The van der Waals surface area contributed by atoms with E-state index in [9.17, 15) is 18.0 Å². The topological polar surface area (TPSA) is 77.6 Å². The minimum Gasteiger partial charge on any atom is -0.292 e. The molecule has 2 heterocycles. The van der Waals surface area contributed by atoms with Gasteiger partial charge in [-0.3, -0.25) is 14.8 Å². The molecule has 1 aliphatic carbocycles. The average molecular weight is 390 g/mol. The molecule has 1 amide bonds. The highest BCUT2D eigenvalue weighted by Crippen LogP contribution is 2.40. The quantitative estimate of drug-likeness (QED) is 0.673. The van der Waals surface area contributed by atoms with Gasteiger partial charge in [-0.05, 0) is 36.6 Å². The van der Waals surface area contributed by atoms with Crippen molar-refractivity contribution >= 4 is 11.9 Å². The number of carbonyl (C=O) groups excluding carboxylic acids is 1. The standard InChI is InChI=1S/C18H17F3N6O/c19-13-3-1-2-11(6-13)8-26-10-22-18(25-26)23-16(28)9-27-15(17(20)21)7-14(24-27)12-4-5-12/h1-3,6-7,10,12,17H,4-5,8-9H2,(H,23,25,28). The lowest BCUT2D eigenvalue weighted by molar-refractivity contribution is -0.117. The largest absolute Gasteiger partial charge is 0.292 e. The molecule has 7 nitrogen and oxygen atoms in total. The van der Waals surface area contributed by atoms with Crippen molar-refractivity contribution < 1.29 is 18.0 Å². The number of aromatic nitrogens is 5. The summed E-state index contributed by atoms with van der Waals surface area (Å²) in [6, 6.07) is 7.41. The van der Waals surface area contributed by atoms with Crippen molar-refractivity contribution in [1.29, 1.82) is 0 Å². The van der Waals surface area contributed by atoms with Crippen molar-refractivity contribution in [2.45, 2.75) is 38.3 Å². The molecule has 0 atom stereocenters. The van der Waals surface area contributed by atoms with Crippen molar-refractivity contribution in [2.75, 3.05) is 5.32 Å². The van der Waals surface area contributed by atoms with Gasteiger partial charge in [0.2, 0.25) is 11.9 Å². The summed E-state index contributed by atoms with van der Waals surface area (Å²) in [5.41, 5.74) is 1.01. The van der Waals surface area contributed by atoms with Crippen LogP contribution in [0.25, 0.3) is 0 Å². The molecule has 10 heteroatoms. The second-order valence-electron chi connectivity index (χ2n) is 6.67. The molecule has 28 heavy (non-hydrogen) atoms. The summed E-state index contributed by atoms with van der Waals surface area (Å²) in [5.74, 6) is -0.668. The van der Waals surface area contributed by atoms with Gasteiger partial charge in [0.15, 0.2) is 0 Å². The Bertz CT molecular complexity index is 995. The highest BCUT2D eigenvalue weighted by Gasteiger charge is 2.29. The van der Waals surface area contributed by atoms with Crippen molar-refractivity contribution in [1.82, 2.24) is 24.5 Å². The molecule has 0 spiro atoms. The Morgan fingerprint density at radius 2 is 2.07 bits per heavy atom. The molecule has 146 valence electrons. The van der Waals surface area contributed by atoms with Crippen LogP contribution in [0.4, 0.5) is 19.1 Å².